The van der Waals surface area contributed by atoms with Crippen LogP contribution in [0, 0.1) is 13.8 Å². The molecule has 3 nitrogen and oxygen atoms in total. The Morgan fingerprint density at radius 1 is 1.43 bits per heavy atom. The number of rotatable bonds is 1. The molecule has 0 bridgehead atoms. The highest BCUT2D eigenvalue weighted by atomic mass is 16.1. The summed E-state index contributed by atoms with van der Waals surface area (Å²) in [6.07, 6.45) is 3.46. The quantitative estimate of drug-likeness (QED) is 0.737. The van der Waals surface area contributed by atoms with Crippen molar-refractivity contribution in [3.8, 4) is 0 Å². The van der Waals surface area contributed by atoms with Gasteiger partial charge in [0.1, 0.15) is 5.69 Å². The summed E-state index contributed by atoms with van der Waals surface area (Å²) >= 11 is 0. The molecule has 0 spiro atoms. The molecule has 3 heteroatoms. The van der Waals surface area contributed by atoms with Crippen LogP contribution in [-0.4, -0.2) is 4.57 Å². The predicted octanol–water partition coefficient (Wildman–Crippen LogP) is 1.77. The summed E-state index contributed by atoms with van der Waals surface area (Å²) in [6.45, 7) is 3.86. The highest BCUT2D eigenvalue weighted by Gasteiger charge is 2.22. The molecule has 1 saturated carbocycles. The number of anilines is 1. The fourth-order valence-electron chi connectivity index (χ4n) is 2.02. The van der Waals surface area contributed by atoms with Gasteiger partial charge in [0.05, 0.1) is 0 Å². The van der Waals surface area contributed by atoms with Gasteiger partial charge in [-0.25, -0.2) is 0 Å². The van der Waals surface area contributed by atoms with Crippen molar-refractivity contribution in [1.82, 2.24) is 4.57 Å². The van der Waals surface area contributed by atoms with Crippen molar-refractivity contribution in [3.05, 3.63) is 27.7 Å². The molecule has 0 aliphatic heterocycles. The molecule has 0 amide bonds. The van der Waals surface area contributed by atoms with Crippen molar-refractivity contribution in [2.75, 3.05) is 5.73 Å². The summed E-state index contributed by atoms with van der Waals surface area (Å²) < 4.78 is 1.85. The van der Waals surface area contributed by atoms with E-state index in [1.54, 1.807) is 0 Å². The first-order chi connectivity index (χ1) is 6.61. The lowest BCUT2D eigenvalue weighted by Gasteiger charge is -2.29. The van der Waals surface area contributed by atoms with E-state index in [9.17, 15) is 4.79 Å². The molecule has 2 N–H and O–H groups in total. The van der Waals surface area contributed by atoms with Crippen LogP contribution >= 0.6 is 0 Å². The van der Waals surface area contributed by atoms with Crippen LogP contribution in [-0.2, 0) is 0 Å². The summed E-state index contributed by atoms with van der Waals surface area (Å²) in [5, 5.41) is 0. The second-order valence-corrected chi connectivity index (χ2v) is 4.14. The molecule has 0 radical (unpaired) electrons. The first-order valence-electron chi connectivity index (χ1n) is 5.09. The minimum atomic E-state index is -0.00722. The Morgan fingerprint density at radius 3 is 2.57 bits per heavy atom. The van der Waals surface area contributed by atoms with Gasteiger partial charge in [-0.15, -0.1) is 0 Å². The highest BCUT2D eigenvalue weighted by molar-refractivity contribution is 5.44. The Hall–Kier alpha value is -1.25. The molecule has 2 rings (SSSR count). The number of nitrogen functional groups attached to an aromatic ring is 1. The standard InChI is InChI=1S/C11H16N2O/c1-7-6-8(2)13(9-4-3-5-9)11(14)10(7)12/h6,9H,3-5,12H2,1-2H3. The number of hydrogen-bond acceptors (Lipinski definition) is 2. The molecule has 1 fully saturated rings. The zero-order valence-corrected chi connectivity index (χ0v) is 8.71. The predicted molar refractivity (Wildman–Crippen MR) is 57.5 cm³/mol. The van der Waals surface area contributed by atoms with Crippen LogP contribution in [0.1, 0.15) is 36.6 Å². The van der Waals surface area contributed by atoms with E-state index < -0.39 is 0 Å². The van der Waals surface area contributed by atoms with Crippen LogP contribution in [0.4, 0.5) is 5.69 Å². The smallest absolute Gasteiger partial charge is 0.274 e. The van der Waals surface area contributed by atoms with Crippen LogP contribution in [0.2, 0.25) is 0 Å². The number of aromatic nitrogens is 1. The molecule has 1 aliphatic rings. The number of pyridine rings is 1. The number of aryl methyl sites for hydroxylation is 2. The van der Waals surface area contributed by atoms with Crippen LogP contribution in [0.25, 0.3) is 0 Å². The first-order valence-corrected chi connectivity index (χ1v) is 5.09. The molecule has 0 saturated heterocycles. The minimum absolute atomic E-state index is 0.00722. The van der Waals surface area contributed by atoms with Gasteiger partial charge in [-0.3, -0.25) is 4.79 Å². The molecule has 0 unspecified atom stereocenters. The maximum absolute atomic E-state index is 11.9. The molecule has 1 aromatic heterocycles. The molecule has 14 heavy (non-hydrogen) atoms. The van der Waals surface area contributed by atoms with E-state index in [1.165, 1.54) is 6.42 Å². The topological polar surface area (TPSA) is 48.0 Å². The molecule has 1 aromatic rings. The Morgan fingerprint density at radius 2 is 2.07 bits per heavy atom. The van der Waals surface area contributed by atoms with Gasteiger partial charge < -0.3 is 10.3 Å². The molecular weight excluding hydrogens is 176 g/mol. The van der Waals surface area contributed by atoms with Crippen LogP contribution in [0.3, 0.4) is 0 Å². The largest absolute Gasteiger partial charge is 0.394 e. The molecule has 1 heterocycles. The third kappa shape index (κ3) is 1.24. The highest BCUT2D eigenvalue weighted by Crippen LogP contribution is 2.31. The van der Waals surface area contributed by atoms with Gasteiger partial charge >= 0.3 is 0 Å². The SMILES string of the molecule is Cc1cc(C)n(C2CCC2)c(=O)c1N. The monoisotopic (exact) mass is 192 g/mol. The van der Waals surface area contributed by atoms with Gasteiger partial charge in [0.25, 0.3) is 5.56 Å². The molecule has 0 aromatic carbocycles. The van der Waals surface area contributed by atoms with Gasteiger partial charge in [0.2, 0.25) is 0 Å². The van der Waals surface area contributed by atoms with E-state index in [1.807, 2.05) is 24.5 Å². The Balaban J connectivity index is 2.58. The Labute approximate surface area is 83.5 Å². The van der Waals surface area contributed by atoms with E-state index in [0.717, 1.165) is 24.1 Å². The zero-order chi connectivity index (χ0) is 10.3. The van der Waals surface area contributed by atoms with Gasteiger partial charge in [-0.1, -0.05) is 0 Å². The van der Waals surface area contributed by atoms with Crippen LogP contribution in [0.15, 0.2) is 10.9 Å². The average Bonchev–Trinajstić information content (AvgIpc) is 2.05. The van der Waals surface area contributed by atoms with Crippen molar-refractivity contribution in [2.45, 2.75) is 39.2 Å². The van der Waals surface area contributed by atoms with E-state index in [-0.39, 0.29) is 5.56 Å². The Bertz CT molecular complexity index is 416. The van der Waals surface area contributed by atoms with Gasteiger partial charge in [0.15, 0.2) is 0 Å². The fourth-order valence-corrected chi connectivity index (χ4v) is 2.02. The van der Waals surface area contributed by atoms with Crippen molar-refractivity contribution in [3.63, 3.8) is 0 Å². The molecule has 1 aliphatic carbocycles. The first kappa shape index (κ1) is 9.31. The van der Waals surface area contributed by atoms with Crippen molar-refractivity contribution in [1.29, 1.82) is 0 Å². The van der Waals surface area contributed by atoms with Crippen molar-refractivity contribution >= 4 is 5.69 Å². The van der Waals surface area contributed by atoms with Gasteiger partial charge in [0, 0.05) is 11.7 Å². The normalized spacial score (nSPS) is 16.7. The lowest BCUT2D eigenvalue weighted by molar-refractivity contribution is 0.302. The number of hydrogen-bond donors (Lipinski definition) is 1. The maximum atomic E-state index is 11.9. The van der Waals surface area contributed by atoms with Crippen molar-refractivity contribution < 1.29 is 0 Å². The molecule has 76 valence electrons. The average molecular weight is 192 g/mol. The van der Waals surface area contributed by atoms with E-state index in [0.29, 0.717) is 11.7 Å². The third-order valence-corrected chi connectivity index (χ3v) is 3.12. The fraction of sp³-hybridized carbons (Fsp3) is 0.545. The van der Waals surface area contributed by atoms with Crippen LogP contribution in [0.5, 0.6) is 0 Å². The zero-order valence-electron chi connectivity index (χ0n) is 8.71. The number of nitrogens with two attached hydrogens (primary N) is 1. The Kier molecular flexibility index (Phi) is 2.10. The maximum Gasteiger partial charge on any atom is 0.274 e. The van der Waals surface area contributed by atoms with Crippen LogP contribution < -0.4 is 11.3 Å². The lowest BCUT2D eigenvalue weighted by Crippen LogP contribution is -2.32. The summed E-state index contributed by atoms with van der Waals surface area (Å²) in [5.74, 6) is 0. The summed E-state index contributed by atoms with van der Waals surface area (Å²) in [6, 6.07) is 2.39. The third-order valence-electron chi connectivity index (χ3n) is 3.12. The summed E-state index contributed by atoms with van der Waals surface area (Å²) in [7, 11) is 0. The number of nitrogens with zero attached hydrogens (tertiary/aromatic N) is 1. The van der Waals surface area contributed by atoms with Crippen molar-refractivity contribution in [2.24, 2.45) is 0 Å². The second-order valence-electron chi connectivity index (χ2n) is 4.14. The molecular formula is C11H16N2O. The van der Waals surface area contributed by atoms with E-state index in [2.05, 4.69) is 0 Å². The van der Waals surface area contributed by atoms with Gasteiger partial charge in [-0.05, 0) is 44.7 Å². The lowest BCUT2D eigenvalue weighted by atomic mass is 9.92. The summed E-state index contributed by atoms with van der Waals surface area (Å²) in [5.41, 5.74) is 8.06. The second kappa shape index (κ2) is 3.15. The molecule has 0 atom stereocenters. The van der Waals surface area contributed by atoms with E-state index >= 15 is 0 Å². The summed E-state index contributed by atoms with van der Waals surface area (Å²) in [4.78, 5) is 11.9. The van der Waals surface area contributed by atoms with Gasteiger partial charge in [-0.2, -0.15) is 0 Å². The van der Waals surface area contributed by atoms with E-state index in [4.69, 9.17) is 5.73 Å². The minimum Gasteiger partial charge on any atom is -0.394 e.